The zero-order valence-electron chi connectivity index (χ0n) is 17.1. The summed E-state index contributed by atoms with van der Waals surface area (Å²) < 4.78 is 6.61. The van der Waals surface area contributed by atoms with Crippen molar-refractivity contribution < 1.29 is 14.3 Å². The van der Waals surface area contributed by atoms with Crippen LogP contribution in [0.15, 0.2) is 48.5 Å². The summed E-state index contributed by atoms with van der Waals surface area (Å²) in [4.78, 5) is 24.7. The number of hydrogen-bond donors (Lipinski definition) is 2. The van der Waals surface area contributed by atoms with E-state index in [0.29, 0.717) is 23.8 Å². The number of amides is 2. The van der Waals surface area contributed by atoms with Crippen LogP contribution in [0.3, 0.4) is 0 Å². The van der Waals surface area contributed by atoms with Crippen molar-refractivity contribution in [2.24, 2.45) is 0 Å². The van der Waals surface area contributed by atoms with Crippen LogP contribution in [0.5, 0.6) is 5.75 Å². The van der Waals surface area contributed by atoms with Gasteiger partial charge in [-0.2, -0.15) is 5.10 Å². The van der Waals surface area contributed by atoms with Gasteiger partial charge in [-0.25, -0.2) is 4.68 Å². The first-order chi connectivity index (χ1) is 14.9. The molecule has 2 amide bonds. The Morgan fingerprint density at radius 3 is 2.45 bits per heavy atom. The summed E-state index contributed by atoms with van der Waals surface area (Å²) in [6.45, 7) is 2.18. The van der Waals surface area contributed by atoms with E-state index in [1.807, 2.05) is 42.5 Å². The van der Waals surface area contributed by atoms with Crippen molar-refractivity contribution >= 4 is 35.0 Å². The molecule has 0 bridgehead atoms. The molecule has 0 unspecified atom stereocenters. The van der Waals surface area contributed by atoms with Crippen molar-refractivity contribution in [1.29, 1.82) is 0 Å². The highest BCUT2D eigenvalue weighted by Crippen LogP contribution is 2.23. The number of nitrogens with zero attached hydrogens (tertiary/aromatic N) is 2. The van der Waals surface area contributed by atoms with E-state index in [1.165, 1.54) is 4.68 Å². The topological polar surface area (TPSA) is 85.2 Å². The summed E-state index contributed by atoms with van der Waals surface area (Å²) in [5, 5.41) is 10.5. The molecule has 0 radical (unpaired) electrons. The molecule has 3 rings (SSSR count). The summed E-state index contributed by atoms with van der Waals surface area (Å²) in [5.41, 5.74) is 2.45. The summed E-state index contributed by atoms with van der Waals surface area (Å²) in [6, 6.07) is 14.7. The number of ether oxygens (including phenoxy) is 1. The lowest BCUT2D eigenvalue weighted by atomic mass is 10.2. The van der Waals surface area contributed by atoms with Crippen LogP contribution in [0.2, 0.25) is 10.2 Å². The molecule has 0 atom stereocenters. The first-order valence-electron chi connectivity index (χ1n) is 9.53. The smallest absolute Gasteiger partial charge is 0.256 e. The van der Waals surface area contributed by atoms with Crippen LogP contribution in [0.4, 0.5) is 0 Å². The van der Waals surface area contributed by atoms with E-state index in [1.54, 1.807) is 20.1 Å². The van der Waals surface area contributed by atoms with Crippen LogP contribution in [0, 0.1) is 6.92 Å². The molecule has 9 heteroatoms. The van der Waals surface area contributed by atoms with Gasteiger partial charge >= 0.3 is 0 Å². The lowest BCUT2D eigenvalue weighted by Gasteiger charge is -2.08. The van der Waals surface area contributed by atoms with Gasteiger partial charge in [0.15, 0.2) is 0 Å². The number of aryl methyl sites for hydroxylation is 1. The highest BCUT2D eigenvalue weighted by Gasteiger charge is 2.21. The van der Waals surface area contributed by atoms with Gasteiger partial charge in [0.1, 0.15) is 10.9 Å². The Bertz CT molecular complexity index is 1080. The fourth-order valence-electron chi connectivity index (χ4n) is 2.96. The van der Waals surface area contributed by atoms with E-state index in [9.17, 15) is 9.59 Å². The molecule has 0 saturated heterocycles. The number of hydrogen-bond acceptors (Lipinski definition) is 4. The minimum absolute atomic E-state index is 0.180. The van der Waals surface area contributed by atoms with E-state index in [2.05, 4.69) is 15.7 Å². The molecule has 0 fully saturated rings. The molecular formula is C22H22Cl2N4O3. The Balaban J connectivity index is 1.56. The van der Waals surface area contributed by atoms with Gasteiger partial charge in [-0.15, -0.1) is 0 Å². The summed E-state index contributed by atoms with van der Waals surface area (Å²) in [6.07, 6.45) is 0. The Kier molecular flexibility index (Phi) is 7.55. The normalized spacial score (nSPS) is 10.6. The minimum Gasteiger partial charge on any atom is -0.497 e. The third kappa shape index (κ3) is 5.77. The summed E-state index contributed by atoms with van der Waals surface area (Å²) in [5.74, 6) is -0.0430. The van der Waals surface area contributed by atoms with Gasteiger partial charge in [0.25, 0.3) is 5.91 Å². The van der Waals surface area contributed by atoms with Crippen LogP contribution in [0.1, 0.15) is 27.2 Å². The molecule has 2 aromatic carbocycles. The van der Waals surface area contributed by atoms with Crippen molar-refractivity contribution in [3.05, 3.63) is 81.1 Å². The molecule has 3 aromatic rings. The SMILES string of the molecule is COc1ccc(CNC(=O)CNC(=O)c2c(C)nn(Cc3ccccc3Cl)c2Cl)cc1. The van der Waals surface area contributed by atoms with Crippen LogP contribution in [0.25, 0.3) is 0 Å². The Morgan fingerprint density at radius 2 is 1.77 bits per heavy atom. The fraction of sp³-hybridized carbons (Fsp3) is 0.227. The van der Waals surface area contributed by atoms with Crippen molar-refractivity contribution in [1.82, 2.24) is 20.4 Å². The maximum atomic E-state index is 12.6. The second-order valence-corrected chi connectivity index (χ2v) is 7.57. The van der Waals surface area contributed by atoms with Gasteiger partial charge in [-0.1, -0.05) is 53.5 Å². The van der Waals surface area contributed by atoms with Crippen molar-refractivity contribution in [3.63, 3.8) is 0 Å². The van der Waals surface area contributed by atoms with Gasteiger partial charge in [-0.3, -0.25) is 9.59 Å². The predicted octanol–water partition coefficient (Wildman–Crippen LogP) is 3.60. The van der Waals surface area contributed by atoms with Crippen LogP contribution >= 0.6 is 23.2 Å². The van der Waals surface area contributed by atoms with Crippen molar-refractivity contribution in [2.45, 2.75) is 20.0 Å². The zero-order valence-corrected chi connectivity index (χ0v) is 18.6. The van der Waals surface area contributed by atoms with Gasteiger partial charge in [0, 0.05) is 11.6 Å². The number of aromatic nitrogens is 2. The van der Waals surface area contributed by atoms with E-state index >= 15 is 0 Å². The number of carbonyl (C=O) groups excluding carboxylic acids is 2. The van der Waals surface area contributed by atoms with Gasteiger partial charge in [0.05, 0.1) is 31.5 Å². The largest absolute Gasteiger partial charge is 0.497 e. The first kappa shape index (κ1) is 22.7. The number of benzene rings is 2. The molecule has 1 aromatic heterocycles. The maximum absolute atomic E-state index is 12.6. The standard InChI is InChI=1S/C22H22Cl2N4O3/c1-14-20(21(24)28(27-14)13-16-5-3-4-6-18(16)23)22(30)26-12-19(29)25-11-15-7-9-17(31-2)10-8-15/h3-10H,11-13H2,1-2H3,(H,25,29)(H,26,30). The molecule has 2 N–H and O–H groups in total. The number of methoxy groups -OCH3 is 1. The predicted molar refractivity (Wildman–Crippen MR) is 120 cm³/mol. The van der Waals surface area contributed by atoms with Crippen molar-refractivity contribution in [2.75, 3.05) is 13.7 Å². The number of halogens is 2. The fourth-order valence-corrected chi connectivity index (χ4v) is 3.48. The van der Waals surface area contributed by atoms with Gasteiger partial charge < -0.3 is 15.4 Å². The molecular weight excluding hydrogens is 439 g/mol. The maximum Gasteiger partial charge on any atom is 0.256 e. The second kappa shape index (κ2) is 10.3. The van der Waals surface area contributed by atoms with E-state index in [-0.39, 0.29) is 23.2 Å². The van der Waals surface area contributed by atoms with Gasteiger partial charge in [0.2, 0.25) is 5.91 Å². The van der Waals surface area contributed by atoms with E-state index in [4.69, 9.17) is 27.9 Å². The Morgan fingerprint density at radius 1 is 1.06 bits per heavy atom. The van der Waals surface area contributed by atoms with E-state index < -0.39 is 5.91 Å². The van der Waals surface area contributed by atoms with Crippen molar-refractivity contribution in [3.8, 4) is 5.75 Å². The summed E-state index contributed by atoms with van der Waals surface area (Å²) in [7, 11) is 1.59. The molecule has 0 spiro atoms. The highest BCUT2D eigenvalue weighted by atomic mass is 35.5. The Labute approximate surface area is 190 Å². The lowest BCUT2D eigenvalue weighted by Crippen LogP contribution is -2.36. The number of rotatable bonds is 8. The Hall–Kier alpha value is -3.03. The summed E-state index contributed by atoms with van der Waals surface area (Å²) >= 11 is 12.6. The third-order valence-electron chi connectivity index (χ3n) is 4.63. The van der Waals surface area contributed by atoms with Crippen LogP contribution < -0.4 is 15.4 Å². The molecule has 0 aliphatic rings. The average molecular weight is 461 g/mol. The number of carbonyl (C=O) groups is 2. The third-order valence-corrected chi connectivity index (χ3v) is 5.38. The quantitative estimate of drug-likeness (QED) is 0.537. The molecule has 31 heavy (non-hydrogen) atoms. The second-order valence-electron chi connectivity index (χ2n) is 6.81. The van der Waals surface area contributed by atoms with Gasteiger partial charge in [-0.05, 0) is 36.2 Å². The highest BCUT2D eigenvalue weighted by molar-refractivity contribution is 6.33. The zero-order chi connectivity index (χ0) is 22.4. The monoisotopic (exact) mass is 460 g/mol. The number of nitrogens with one attached hydrogen (secondary N) is 2. The average Bonchev–Trinajstić information content (AvgIpc) is 3.05. The molecule has 0 aliphatic heterocycles. The molecule has 7 nitrogen and oxygen atoms in total. The first-order valence-corrected chi connectivity index (χ1v) is 10.3. The molecule has 0 saturated carbocycles. The lowest BCUT2D eigenvalue weighted by molar-refractivity contribution is -0.120. The molecule has 162 valence electrons. The van der Waals surface area contributed by atoms with Crippen LogP contribution in [-0.4, -0.2) is 35.2 Å². The molecule has 0 aliphatic carbocycles. The van der Waals surface area contributed by atoms with Crippen LogP contribution in [-0.2, 0) is 17.9 Å². The molecule has 1 heterocycles. The van der Waals surface area contributed by atoms with E-state index in [0.717, 1.165) is 16.9 Å². The minimum atomic E-state index is -0.465.